The molecule has 3 nitrogen and oxygen atoms in total. The van der Waals surface area contributed by atoms with Crippen molar-refractivity contribution in [2.24, 2.45) is 0 Å². The van der Waals surface area contributed by atoms with Crippen molar-refractivity contribution in [3.63, 3.8) is 0 Å². The maximum Gasteiger partial charge on any atom is 0.303 e. The molecule has 0 aromatic heterocycles. The minimum Gasteiger partial charge on any atom is -0.481 e. The second kappa shape index (κ2) is 4.39. The second-order valence-corrected chi connectivity index (χ2v) is 5.32. The normalized spacial score (nSPS) is 25.6. The van der Waals surface area contributed by atoms with Crippen molar-refractivity contribution < 1.29 is 14.6 Å². The third kappa shape index (κ3) is 1.93. The molecule has 96 valence electrons. The number of fused-ring (bicyclic) bond motifs is 1. The molecule has 3 heteroatoms. The molecule has 0 spiro atoms. The molecule has 0 bridgehead atoms. The van der Waals surface area contributed by atoms with Gasteiger partial charge in [0.05, 0.1) is 12.2 Å². The number of rotatable bonds is 4. The molecule has 1 saturated heterocycles. The average Bonchev–Trinajstić information content (AvgIpc) is 2.74. The fourth-order valence-electron chi connectivity index (χ4n) is 3.08. The molecule has 1 aromatic rings. The summed E-state index contributed by atoms with van der Waals surface area (Å²) in [6, 6.07) is 6.57. The van der Waals surface area contributed by atoms with Crippen molar-refractivity contribution in [2.45, 2.75) is 44.1 Å². The summed E-state index contributed by atoms with van der Waals surface area (Å²) in [5, 5.41) is 8.84. The molecule has 3 rings (SSSR count). The number of aliphatic carboxylic acids is 1. The number of carboxylic acid groups (broad SMARTS) is 1. The number of benzene rings is 1. The van der Waals surface area contributed by atoms with Gasteiger partial charge in [-0.3, -0.25) is 4.79 Å². The Balaban J connectivity index is 1.85. The number of hydrogen-bond donors (Lipinski definition) is 1. The van der Waals surface area contributed by atoms with Crippen molar-refractivity contribution in [3.05, 3.63) is 34.9 Å². The zero-order chi connectivity index (χ0) is 12.6. The number of carboxylic acids is 1. The van der Waals surface area contributed by atoms with Gasteiger partial charge in [0.15, 0.2) is 0 Å². The summed E-state index contributed by atoms with van der Waals surface area (Å²) in [6.07, 6.45) is 5.27. The molecule has 0 radical (unpaired) electrons. The molecule has 1 unspecified atom stereocenters. The summed E-state index contributed by atoms with van der Waals surface area (Å²) in [5.41, 5.74) is 3.73. The number of carbonyl (C=O) groups is 1. The van der Waals surface area contributed by atoms with Gasteiger partial charge in [-0.25, -0.2) is 0 Å². The highest BCUT2D eigenvalue weighted by molar-refractivity contribution is 5.66. The van der Waals surface area contributed by atoms with Crippen LogP contribution in [-0.2, 0) is 28.0 Å². The lowest BCUT2D eigenvalue weighted by Crippen LogP contribution is -2.41. The van der Waals surface area contributed by atoms with Crippen molar-refractivity contribution in [1.82, 2.24) is 0 Å². The van der Waals surface area contributed by atoms with Crippen molar-refractivity contribution in [3.8, 4) is 0 Å². The van der Waals surface area contributed by atoms with E-state index in [0.29, 0.717) is 6.42 Å². The summed E-state index contributed by atoms with van der Waals surface area (Å²) in [7, 11) is 0. The van der Waals surface area contributed by atoms with Gasteiger partial charge in [0.2, 0.25) is 0 Å². The molecule has 1 N–H and O–H groups in total. The predicted molar refractivity (Wildman–Crippen MR) is 67.6 cm³/mol. The standard InChI is InChI=1S/C15H18O3/c16-14(17)6-7-15(8-9-18-15)13-5-4-11-2-1-3-12(11)10-13/h4-5,10H,1-3,6-9H2,(H,16,17). The fourth-order valence-corrected chi connectivity index (χ4v) is 3.08. The highest BCUT2D eigenvalue weighted by Crippen LogP contribution is 2.42. The highest BCUT2D eigenvalue weighted by atomic mass is 16.5. The maximum atomic E-state index is 10.7. The number of ether oxygens (including phenoxy) is 1. The predicted octanol–water partition coefficient (Wildman–Crippen LogP) is 2.66. The van der Waals surface area contributed by atoms with Crippen LogP contribution in [0.15, 0.2) is 18.2 Å². The van der Waals surface area contributed by atoms with Crippen LogP contribution in [0.25, 0.3) is 0 Å². The SMILES string of the molecule is O=C(O)CCC1(c2ccc3c(c2)CCC3)CCO1. The third-order valence-corrected chi connectivity index (χ3v) is 4.25. The number of hydrogen-bond acceptors (Lipinski definition) is 2. The molecule has 1 fully saturated rings. The van der Waals surface area contributed by atoms with Gasteiger partial charge in [0.25, 0.3) is 0 Å². The van der Waals surface area contributed by atoms with Crippen molar-refractivity contribution in [1.29, 1.82) is 0 Å². The molecule has 1 heterocycles. The third-order valence-electron chi connectivity index (χ3n) is 4.25. The van der Waals surface area contributed by atoms with Crippen molar-refractivity contribution >= 4 is 5.97 Å². The first-order valence-electron chi connectivity index (χ1n) is 6.68. The van der Waals surface area contributed by atoms with Crippen LogP contribution in [0.4, 0.5) is 0 Å². The Bertz CT molecular complexity index is 475. The van der Waals surface area contributed by atoms with Gasteiger partial charge in [-0.15, -0.1) is 0 Å². The van der Waals surface area contributed by atoms with E-state index in [9.17, 15) is 4.79 Å². The Labute approximate surface area is 107 Å². The quantitative estimate of drug-likeness (QED) is 0.888. The lowest BCUT2D eigenvalue weighted by molar-refractivity contribution is -0.165. The monoisotopic (exact) mass is 246 g/mol. The summed E-state index contributed by atoms with van der Waals surface area (Å²) >= 11 is 0. The summed E-state index contributed by atoms with van der Waals surface area (Å²) in [5.74, 6) is -0.744. The largest absolute Gasteiger partial charge is 0.481 e. The Morgan fingerprint density at radius 2 is 2.11 bits per heavy atom. The summed E-state index contributed by atoms with van der Waals surface area (Å²) in [4.78, 5) is 10.7. The van der Waals surface area contributed by atoms with Gasteiger partial charge in [-0.1, -0.05) is 18.2 Å². The van der Waals surface area contributed by atoms with Gasteiger partial charge in [0, 0.05) is 12.8 Å². The zero-order valence-corrected chi connectivity index (χ0v) is 10.4. The summed E-state index contributed by atoms with van der Waals surface area (Å²) in [6.45, 7) is 0.747. The van der Waals surface area contributed by atoms with Crippen LogP contribution in [0.2, 0.25) is 0 Å². The lowest BCUT2D eigenvalue weighted by Gasteiger charge is -2.42. The van der Waals surface area contributed by atoms with Crippen LogP contribution >= 0.6 is 0 Å². The minimum absolute atomic E-state index is 0.178. The molecule has 0 saturated carbocycles. The van der Waals surface area contributed by atoms with E-state index in [4.69, 9.17) is 9.84 Å². The van der Waals surface area contributed by atoms with Crippen LogP contribution < -0.4 is 0 Å². The van der Waals surface area contributed by atoms with Gasteiger partial charge < -0.3 is 9.84 Å². The Morgan fingerprint density at radius 1 is 1.33 bits per heavy atom. The molecular weight excluding hydrogens is 228 g/mol. The van der Waals surface area contributed by atoms with Gasteiger partial charge in [0.1, 0.15) is 0 Å². The van der Waals surface area contributed by atoms with Crippen molar-refractivity contribution in [2.75, 3.05) is 6.61 Å². The van der Waals surface area contributed by atoms with E-state index in [1.54, 1.807) is 0 Å². The first-order chi connectivity index (χ1) is 8.70. The Hall–Kier alpha value is -1.35. The van der Waals surface area contributed by atoms with E-state index in [0.717, 1.165) is 19.4 Å². The van der Waals surface area contributed by atoms with Crippen LogP contribution in [0, 0.1) is 0 Å². The molecule has 1 aliphatic carbocycles. The van der Waals surface area contributed by atoms with Crippen LogP contribution in [0.3, 0.4) is 0 Å². The van der Waals surface area contributed by atoms with E-state index < -0.39 is 5.97 Å². The van der Waals surface area contributed by atoms with Gasteiger partial charge in [-0.05, 0) is 42.4 Å². The molecule has 18 heavy (non-hydrogen) atoms. The lowest BCUT2D eigenvalue weighted by atomic mass is 9.81. The molecule has 1 aromatic carbocycles. The van der Waals surface area contributed by atoms with E-state index in [1.165, 1.54) is 29.5 Å². The van der Waals surface area contributed by atoms with E-state index >= 15 is 0 Å². The fraction of sp³-hybridized carbons (Fsp3) is 0.533. The molecule has 0 amide bonds. The molecule has 1 aliphatic heterocycles. The average molecular weight is 246 g/mol. The van der Waals surface area contributed by atoms with Crippen LogP contribution in [0.1, 0.15) is 42.4 Å². The van der Waals surface area contributed by atoms with E-state index in [2.05, 4.69) is 18.2 Å². The maximum absolute atomic E-state index is 10.7. The van der Waals surface area contributed by atoms with E-state index in [1.807, 2.05) is 0 Å². The molecular formula is C15H18O3. The first kappa shape index (κ1) is 11.7. The Morgan fingerprint density at radius 3 is 2.78 bits per heavy atom. The highest BCUT2D eigenvalue weighted by Gasteiger charge is 2.40. The minimum atomic E-state index is -0.744. The smallest absolute Gasteiger partial charge is 0.303 e. The second-order valence-electron chi connectivity index (χ2n) is 5.32. The molecule has 2 aliphatic rings. The van der Waals surface area contributed by atoms with E-state index in [-0.39, 0.29) is 12.0 Å². The topological polar surface area (TPSA) is 46.5 Å². The molecule has 1 atom stereocenters. The number of aryl methyl sites for hydroxylation is 2. The van der Waals surface area contributed by atoms with Crippen LogP contribution in [0.5, 0.6) is 0 Å². The van der Waals surface area contributed by atoms with Gasteiger partial charge >= 0.3 is 5.97 Å². The summed E-state index contributed by atoms with van der Waals surface area (Å²) < 4.78 is 5.75. The van der Waals surface area contributed by atoms with Gasteiger partial charge in [-0.2, -0.15) is 0 Å². The zero-order valence-electron chi connectivity index (χ0n) is 10.4. The Kier molecular flexibility index (Phi) is 2.86. The van der Waals surface area contributed by atoms with Crippen LogP contribution in [-0.4, -0.2) is 17.7 Å². The first-order valence-corrected chi connectivity index (χ1v) is 6.68.